The van der Waals surface area contributed by atoms with Crippen molar-refractivity contribution in [3.05, 3.63) is 22.8 Å². The van der Waals surface area contributed by atoms with Crippen molar-refractivity contribution in [2.75, 3.05) is 0 Å². The van der Waals surface area contributed by atoms with E-state index in [-0.39, 0.29) is 29.8 Å². The minimum Gasteiger partial charge on any atom is -0.481 e. The second-order valence-electron chi connectivity index (χ2n) is 5.73. The summed E-state index contributed by atoms with van der Waals surface area (Å²) in [4.78, 5) is 11.1. The van der Waals surface area contributed by atoms with Crippen LogP contribution in [0.4, 0.5) is 8.78 Å². The highest BCUT2D eigenvalue weighted by Crippen LogP contribution is 2.49. The third-order valence-electron chi connectivity index (χ3n) is 3.41. The Morgan fingerprint density at radius 2 is 1.74 bits per heavy atom. The van der Waals surface area contributed by atoms with Crippen LogP contribution in [0, 0.1) is 0 Å². The molecular weight excluding hydrogens is 306 g/mol. The van der Waals surface area contributed by atoms with E-state index in [1.165, 1.54) is 6.07 Å². The number of halogens is 2. The van der Waals surface area contributed by atoms with Crippen molar-refractivity contribution in [2.45, 2.75) is 66.1 Å². The first-order chi connectivity index (χ1) is 10.6. The fourth-order valence-electron chi connectivity index (χ4n) is 2.64. The van der Waals surface area contributed by atoms with Gasteiger partial charge in [0.25, 0.3) is 0 Å². The van der Waals surface area contributed by atoms with E-state index in [2.05, 4.69) is 9.47 Å². The number of hydrogen-bond donors (Lipinski definition) is 1. The van der Waals surface area contributed by atoms with Gasteiger partial charge in [-0.3, -0.25) is 4.79 Å². The molecule has 0 atom stereocenters. The van der Waals surface area contributed by atoms with Crippen LogP contribution in [0.15, 0.2) is 6.07 Å². The molecule has 1 aliphatic rings. The van der Waals surface area contributed by atoms with Gasteiger partial charge in [-0.05, 0) is 29.0 Å². The fraction of sp³-hybridized carbons (Fsp3) is 0.588. The molecule has 0 spiro atoms. The molecule has 1 heterocycles. The Kier molecular flexibility index (Phi) is 5.97. The molecule has 1 N–H and O–H groups in total. The molecule has 4 nitrogen and oxygen atoms in total. The Balaban J connectivity index is 0.00000127. The van der Waals surface area contributed by atoms with Crippen LogP contribution in [0.25, 0.3) is 0 Å². The van der Waals surface area contributed by atoms with Gasteiger partial charge in [0.05, 0.1) is 6.42 Å². The van der Waals surface area contributed by atoms with E-state index in [4.69, 9.17) is 5.11 Å². The van der Waals surface area contributed by atoms with Crippen LogP contribution in [0.3, 0.4) is 0 Å². The minimum atomic E-state index is -3.71. The summed E-state index contributed by atoms with van der Waals surface area (Å²) < 4.78 is 35.8. The number of fused-ring (bicyclic) bond motifs is 1. The van der Waals surface area contributed by atoms with E-state index in [9.17, 15) is 13.6 Å². The number of aliphatic carboxylic acids is 1. The van der Waals surface area contributed by atoms with E-state index in [1.54, 1.807) is 0 Å². The van der Waals surface area contributed by atoms with Crippen molar-refractivity contribution in [3.63, 3.8) is 0 Å². The molecule has 130 valence electrons. The minimum absolute atomic E-state index is 0.0139. The number of carboxylic acid groups (broad SMARTS) is 1. The lowest BCUT2D eigenvalue weighted by Crippen LogP contribution is -2.26. The summed E-state index contributed by atoms with van der Waals surface area (Å²) in [7, 11) is 0. The van der Waals surface area contributed by atoms with Crippen LogP contribution in [-0.2, 0) is 11.2 Å². The summed E-state index contributed by atoms with van der Waals surface area (Å²) in [5.74, 6) is -1.26. The molecule has 0 aromatic heterocycles. The molecule has 1 aromatic carbocycles. The largest absolute Gasteiger partial charge is 0.586 e. The first-order valence-corrected chi connectivity index (χ1v) is 7.79. The zero-order valence-electron chi connectivity index (χ0n) is 14.4. The second-order valence-corrected chi connectivity index (χ2v) is 5.73. The van der Waals surface area contributed by atoms with Crippen molar-refractivity contribution >= 4 is 5.97 Å². The molecule has 0 fully saturated rings. The number of benzene rings is 1. The standard InChI is InChI=1S/C15H18F2O4.C2H6/c1-7(2)9-5-11-14(21-15(16,17)20-11)13(8(3)4)10(9)6-12(18)19;1-2/h5,7-8H,6H2,1-4H3,(H,18,19);1-2H3. The van der Waals surface area contributed by atoms with Gasteiger partial charge >= 0.3 is 12.3 Å². The van der Waals surface area contributed by atoms with Crippen LogP contribution in [0.1, 0.15) is 70.1 Å². The molecule has 1 aliphatic heterocycles. The van der Waals surface area contributed by atoms with E-state index in [1.807, 2.05) is 41.5 Å². The first-order valence-electron chi connectivity index (χ1n) is 7.79. The van der Waals surface area contributed by atoms with Gasteiger partial charge in [0.2, 0.25) is 0 Å². The van der Waals surface area contributed by atoms with Crippen molar-refractivity contribution in [1.82, 2.24) is 0 Å². The lowest BCUT2D eigenvalue weighted by molar-refractivity contribution is -0.287. The van der Waals surface area contributed by atoms with Gasteiger partial charge < -0.3 is 14.6 Å². The number of rotatable bonds is 4. The van der Waals surface area contributed by atoms with Gasteiger partial charge in [-0.2, -0.15) is 0 Å². The normalized spacial score (nSPS) is 14.7. The lowest BCUT2D eigenvalue weighted by Gasteiger charge is -2.20. The molecule has 0 aliphatic carbocycles. The molecule has 6 heteroatoms. The molecule has 0 saturated carbocycles. The zero-order chi connectivity index (χ0) is 17.9. The smallest absolute Gasteiger partial charge is 0.481 e. The molecule has 0 unspecified atom stereocenters. The summed E-state index contributed by atoms with van der Waals surface area (Å²) in [6.45, 7) is 11.4. The predicted molar refractivity (Wildman–Crippen MR) is 83.5 cm³/mol. The van der Waals surface area contributed by atoms with Gasteiger partial charge in [-0.25, -0.2) is 0 Å². The van der Waals surface area contributed by atoms with Gasteiger partial charge in [0, 0.05) is 5.56 Å². The second kappa shape index (κ2) is 7.15. The summed E-state index contributed by atoms with van der Waals surface area (Å²) in [6.07, 6.45) is -3.94. The van der Waals surface area contributed by atoms with Crippen LogP contribution >= 0.6 is 0 Å². The van der Waals surface area contributed by atoms with Gasteiger partial charge in [-0.1, -0.05) is 41.5 Å². The summed E-state index contributed by atoms with van der Waals surface area (Å²) in [5.41, 5.74) is 1.71. The van der Waals surface area contributed by atoms with Crippen LogP contribution in [-0.4, -0.2) is 17.4 Å². The molecule has 23 heavy (non-hydrogen) atoms. The fourth-order valence-corrected chi connectivity index (χ4v) is 2.64. The molecule has 0 radical (unpaired) electrons. The highest BCUT2D eigenvalue weighted by Gasteiger charge is 2.46. The summed E-state index contributed by atoms with van der Waals surface area (Å²) in [6, 6.07) is 1.46. The third-order valence-corrected chi connectivity index (χ3v) is 3.41. The molecule has 1 aromatic rings. The molecule has 0 saturated heterocycles. The molecule has 0 amide bonds. The third kappa shape index (κ3) is 4.12. The SMILES string of the molecule is CC.CC(C)c1cc2c(c(C(C)C)c1CC(=O)O)OC(F)(F)O2. The number of carboxylic acids is 1. The van der Waals surface area contributed by atoms with Crippen molar-refractivity contribution < 1.29 is 28.2 Å². The van der Waals surface area contributed by atoms with Crippen LogP contribution in [0.5, 0.6) is 11.5 Å². The van der Waals surface area contributed by atoms with Crippen molar-refractivity contribution in [3.8, 4) is 11.5 Å². The first kappa shape index (κ1) is 19.2. The molecule has 2 rings (SSSR count). The average Bonchev–Trinajstić information content (AvgIpc) is 2.72. The Morgan fingerprint density at radius 1 is 1.17 bits per heavy atom. The predicted octanol–water partition coefficient (Wildman–Crippen LogP) is 4.91. The average molecular weight is 330 g/mol. The molecular formula is C17H24F2O4. The number of carbonyl (C=O) groups is 1. The summed E-state index contributed by atoms with van der Waals surface area (Å²) >= 11 is 0. The Morgan fingerprint density at radius 3 is 2.17 bits per heavy atom. The maximum Gasteiger partial charge on any atom is 0.586 e. The Bertz CT molecular complexity index is 580. The topological polar surface area (TPSA) is 55.8 Å². The maximum absolute atomic E-state index is 13.3. The van der Waals surface area contributed by atoms with E-state index >= 15 is 0 Å². The Labute approximate surface area is 135 Å². The highest BCUT2D eigenvalue weighted by molar-refractivity contribution is 5.73. The van der Waals surface area contributed by atoms with Crippen molar-refractivity contribution in [2.24, 2.45) is 0 Å². The quantitative estimate of drug-likeness (QED) is 0.852. The van der Waals surface area contributed by atoms with E-state index < -0.39 is 12.3 Å². The summed E-state index contributed by atoms with van der Waals surface area (Å²) in [5, 5.41) is 9.11. The number of hydrogen-bond acceptors (Lipinski definition) is 3. The monoisotopic (exact) mass is 330 g/mol. The molecule has 0 bridgehead atoms. The van der Waals surface area contributed by atoms with Crippen LogP contribution < -0.4 is 9.47 Å². The van der Waals surface area contributed by atoms with Crippen molar-refractivity contribution in [1.29, 1.82) is 0 Å². The van der Waals surface area contributed by atoms with Gasteiger partial charge in [0.15, 0.2) is 11.5 Å². The van der Waals surface area contributed by atoms with E-state index in [0.29, 0.717) is 16.7 Å². The lowest BCUT2D eigenvalue weighted by atomic mass is 9.86. The van der Waals surface area contributed by atoms with Gasteiger partial charge in [-0.15, -0.1) is 8.78 Å². The number of alkyl halides is 2. The van der Waals surface area contributed by atoms with Gasteiger partial charge in [0.1, 0.15) is 0 Å². The zero-order valence-corrected chi connectivity index (χ0v) is 14.4. The maximum atomic E-state index is 13.3. The number of ether oxygens (including phenoxy) is 2. The Hall–Kier alpha value is -1.85. The van der Waals surface area contributed by atoms with Crippen LogP contribution in [0.2, 0.25) is 0 Å². The van der Waals surface area contributed by atoms with E-state index in [0.717, 1.165) is 0 Å². The highest BCUT2D eigenvalue weighted by atomic mass is 19.3.